The molecule has 1 aromatic heterocycles. The normalized spacial score (nSPS) is 17.4. The molecule has 2 aromatic rings. The maximum absolute atomic E-state index is 12.6. The molecular weight excluding hydrogens is 354 g/mol. The van der Waals surface area contributed by atoms with Gasteiger partial charge in [0.25, 0.3) is 5.91 Å². The van der Waals surface area contributed by atoms with E-state index in [-0.39, 0.29) is 23.5 Å². The molecule has 1 unspecified atom stereocenters. The zero-order valence-electron chi connectivity index (χ0n) is 14.5. The van der Waals surface area contributed by atoms with Crippen molar-refractivity contribution in [3.8, 4) is 0 Å². The second kappa shape index (κ2) is 7.94. The molecule has 1 amide bonds. The topological polar surface area (TPSA) is 88.6 Å². The van der Waals surface area contributed by atoms with Gasteiger partial charge in [-0.25, -0.2) is 13.1 Å². The van der Waals surface area contributed by atoms with E-state index in [1.165, 1.54) is 12.1 Å². The van der Waals surface area contributed by atoms with Crippen LogP contribution in [-0.4, -0.2) is 50.5 Å². The van der Waals surface area contributed by atoms with Crippen LogP contribution in [0.15, 0.2) is 53.6 Å². The van der Waals surface area contributed by atoms with Crippen molar-refractivity contribution in [2.24, 2.45) is 0 Å². The minimum Gasteiger partial charge on any atom is -0.380 e. The summed E-state index contributed by atoms with van der Waals surface area (Å²) in [5.74, 6) is -0.189. The predicted molar refractivity (Wildman–Crippen MR) is 96.0 cm³/mol. The molecule has 8 heteroatoms. The minimum absolute atomic E-state index is 0.0332. The summed E-state index contributed by atoms with van der Waals surface area (Å²) >= 11 is 0. The summed E-state index contributed by atoms with van der Waals surface area (Å²) in [7, 11) is -2.11. The minimum atomic E-state index is -3.74. The molecule has 26 heavy (non-hydrogen) atoms. The first kappa shape index (κ1) is 18.5. The van der Waals surface area contributed by atoms with Gasteiger partial charge in [0.1, 0.15) is 0 Å². The number of hydrogen-bond acceptors (Lipinski definition) is 5. The summed E-state index contributed by atoms with van der Waals surface area (Å²) in [4.78, 5) is 18.4. The van der Waals surface area contributed by atoms with Crippen LogP contribution in [0.1, 0.15) is 22.5 Å². The molecule has 1 fully saturated rings. The number of carbonyl (C=O) groups excluding carboxylic acids is 1. The summed E-state index contributed by atoms with van der Waals surface area (Å²) < 4.78 is 32.8. The molecule has 0 saturated carbocycles. The van der Waals surface area contributed by atoms with Gasteiger partial charge in [-0.15, -0.1) is 0 Å². The molecule has 1 saturated heterocycles. The van der Waals surface area contributed by atoms with Crippen LogP contribution in [0.25, 0.3) is 0 Å². The second-order valence-corrected chi connectivity index (χ2v) is 7.84. The zero-order chi connectivity index (χ0) is 18.6. The average molecular weight is 375 g/mol. The van der Waals surface area contributed by atoms with Gasteiger partial charge in [0.2, 0.25) is 10.0 Å². The maximum Gasteiger partial charge on any atom is 0.253 e. The van der Waals surface area contributed by atoms with Gasteiger partial charge in [-0.2, -0.15) is 0 Å². The second-order valence-electron chi connectivity index (χ2n) is 6.07. The number of pyridine rings is 1. The summed E-state index contributed by atoms with van der Waals surface area (Å²) in [5.41, 5.74) is 0.966. The lowest BCUT2D eigenvalue weighted by atomic mass is 10.2. The van der Waals surface area contributed by atoms with E-state index in [0.29, 0.717) is 24.3 Å². The molecule has 3 rings (SSSR count). The van der Waals surface area contributed by atoms with Crippen LogP contribution in [0.3, 0.4) is 0 Å². The van der Waals surface area contributed by atoms with Crippen LogP contribution >= 0.6 is 0 Å². The molecule has 0 bridgehead atoms. The Morgan fingerprint density at radius 3 is 2.85 bits per heavy atom. The molecular formula is C18H21N3O4S. The third-order valence-electron chi connectivity index (χ3n) is 4.33. The van der Waals surface area contributed by atoms with E-state index in [0.717, 1.165) is 6.42 Å². The molecule has 1 N–H and O–H groups in total. The molecule has 0 radical (unpaired) electrons. The van der Waals surface area contributed by atoms with Gasteiger partial charge in [0.05, 0.1) is 23.2 Å². The fraction of sp³-hybridized carbons (Fsp3) is 0.333. The van der Waals surface area contributed by atoms with Crippen molar-refractivity contribution in [2.75, 3.05) is 20.2 Å². The van der Waals surface area contributed by atoms with Crippen molar-refractivity contribution in [3.05, 3.63) is 59.9 Å². The highest BCUT2D eigenvalue weighted by atomic mass is 32.2. The van der Waals surface area contributed by atoms with E-state index in [9.17, 15) is 13.2 Å². The fourth-order valence-corrected chi connectivity index (χ4v) is 3.88. The third kappa shape index (κ3) is 4.27. The lowest BCUT2D eigenvalue weighted by Gasteiger charge is -2.16. The molecule has 1 atom stereocenters. The van der Waals surface area contributed by atoms with Gasteiger partial charge >= 0.3 is 0 Å². The predicted octanol–water partition coefficient (Wildman–Crippen LogP) is 1.42. The monoisotopic (exact) mass is 375 g/mol. The van der Waals surface area contributed by atoms with Gasteiger partial charge in [-0.1, -0.05) is 12.1 Å². The summed E-state index contributed by atoms with van der Waals surface area (Å²) in [6.07, 6.45) is 2.42. The summed E-state index contributed by atoms with van der Waals surface area (Å²) in [5, 5.41) is 0. The molecule has 2 heterocycles. The highest BCUT2D eigenvalue weighted by Gasteiger charge is 2.27. The number of rotatable bonds is 6. The molecule has 0 aliphatic carbocycles. The number of amides is 1. The summed E-state index contributed by atoms with van der Waals surface area (Å²) in [6, 6.07) is 11.4. The van der Waals surface area contributed by atoms with Gasteiger partial charge in [0, 0.05) is 32.0 Å². The first-order valence-corrected chi connectivity index (χ1v) is 9.79. The number of methoxy groups -OCH3 is 1. The van der Waals surface area contributed by atoms with Crippen molar-refractivity contribution >= 4 is 15.9 Å². The summed E-state index contributed by atoms with van der Waals surface area (Å²) in [6.45, 7) is 1.21. The third-order valence-corrected chi connectivity index (χ3v) is 5.73. The van der Waals surface area contributed by atoms with Crippen molar-refractivity contribution < 1.29 is 17.9 Å². The van der Waals surface area contributed by atoms with E-state index in [1.807, 2.05) is 0 Å². The van der Waals surface area contributed by atoms with E-state index < -0.39 is 10.0 Å². The molecule has 1 aliphatic rings. The Bertz CT molecular complexity index is 871. The smallest absolute Gasteiger partial charge is 0.253 e. The average Bonchev–Trinajstić information content (AvgIpc) is 3.16. The number of nitrogens with one attached hydrogen (secondary N) is 1. The number of hydrogen-bond donors (Lipinski definition) is 1. The van der Waals surface area contributed by atoms with Gasteiger partial charge in [-0.05, 0) is 36.8 Å². The van der Waals surface area contributed by atoms with Gasteiger partial charge in [-0.3, -0.25) is 9.78 Å². The number of carbonyl (C=O) groups is 1. The van der Waals surface area contributed by atoms with Crippen LogP contribution in [-0.2, 0) is 21.3 Å². The Morgan fingerprint density at radius 1 is 1.31 bits per heavy atom. The van der Waals surface area contributed by atoms with Crippen LogP contribution in [0.2, 0.25) is 0 Å². The molecule has 138 valence electrons. The highest BCUT2D eigenvalue weighted by molar-refractivity contribution is 7.89. The lowest BCUT2D eigenvalue weighted by Crippen LogP contribution is -2.30. The largest absolute Gasteiger partial charge is 0.380 e. The number of ether oxygens (including phenoxy) is 1. The number of aromatic nitrogens is 1. The Kier molecular flexibility index (Phi) is 5.65. The number of likely N-dealkylation sites (tertiary alicyclic amines) is 1. The Hall–Kier alpha value is -2.29. The van der Waals surface area contributed by atoms with Gasteiger partial charge < -0.3 is 9.64 Å². The first-order valence-electron chi connectivity index (χ1n) is 8.31. The standard InChI is InChI=1S/C18H21N3O4S/c1-25-16-8-10-21(13-16)18(22)14-5-4-7-17(11-14)26(23,24)20-12-15-6-2-3-9-19-15/h2-7,9,11,16,20H,8,10,12-13H2,1H3. The molecule has 0 spiro atoms. The quantitative estimate of drug-likeness (QED) is 0.825. The Morgan fingerprint density at radius 2 is 2.15 bits per heavy atom. The van der Waals surface area contributed by atoms with E-state index in [4.69, 9.17) is 4.74 Å². The van der Waals surface area contributed by atoms with E-state index >= 15 is 0 Å². The number of sulfonamides is 1. The SMILES string of the molecule is COC1CCN(C(=O)c2cccc(S(=O)(=O)NCc3ccccn3)c2)C1. The van der Waals surface area contributed by atoms with Crippen molar-refractivity contribution in [1.29, 1.82) is 0 Å². The fourth-order valence-electron chi connectivity index (χ4n) is 2.84. The van der Waals surface area contributed by atoms with E-state index in [2.05, 4.69) is 9.71 Å². The molecule has 7 nitrogen and oxygen atoms in total. The van der Waals surface area contributed by atoms with Crippen LogP contribution in [0, 0.1) is 0 Å². The van der Waals surface area contributed by atoms with Crippen molar-refractivity contribution in [2.45, 2.75) is 24.0 Å². The molecule has 1 aliphatic heterocycles. The van der Waals surface area contributed by atoms with Crippen molar-refractivity contribution in [1.82, 2.24) is 14.6 Å². The van der Waals surface area contributed by atoms with E-state index in [1.54, 1.807) is 48.5 Å². The number of benzene rings is 1. The van der Waals surface area contributed by atoms with Crippen LogP contribution in [0.4, 0.5) is 0 Å². The number of nitrogens with zero attached hydrogens (tertiary/aromatic N) is 2. The highest BCUT2D eigenvalue weighted by Crippen LogP contribution is 2.18. The first-order chi connectivity index (χ1) is 12.5. The maximum atomic E-state index is 12.6. The molecule has 1 aromatic carbocycles. The Balaban J connectivity index is 1.72. The van der Waals surface area contributed by atoms with Crippen LogP contribution in [0.5, 0.6) is 0 Å². The van der Waals surface area contributed by atoms with Crippen molar-refractivity contribution in [3.63, 3.8) is 0 Å². The van der Waals surface area contributed by atoms with Crippen LogP contribution < -0.4 is 4.72 Å². The Labute approximate surface area is 153 Å². The lowest BCUT2D eigenvalue weighted by molar-refractivity contribution is 0.0724. The van der Waals surface area contributed by atoms with Gasteiger partial charge in [0.15, 0.2) is 0 Å². The zero-order valence-corrected chi connectivity index (χ0v) is 15.3.